The highest BCUT2D eigenvalue weighted by Gasteiger charge is 2.46. The smallest absolute Gasteiger partial charge is 0.272 e. The molecule has 1 aliphatic rings. The monoisotopic (exact) mass is 229 g/mol. The number of carbonyl (C=O) groups is 1. The lowest BCUT2D eigenvalue weighted by molar-refractivity contribution is 0.0943. The number of hydrogen-bond acceptors (Lipinski definition) is 2. The Morgan fingerprint density at radius 2 is 2.18 bits per heavy atom. The Morgan fingerprint density at radius 1 is 1.47 bits per heavy atom. The molecule has 0 saturated heterocycles. The molecule has 4 heteroatoms. The van der Waals surface area contributed by atoms with Crippen molar-refractivity contribution >= 4 is 16.8 Å². The predicted molar refractivity (Wildman–Crippen MR) is 65.7 cm³/mol. The minimum absolute atomic E-state index is 0.0852. The Kier molecular flexibility index (Phi) is 2.02. The molecule has 1 saturated carbocycles. The van der Waals surface area contributed by atoms with Crippen LogP contribution in [-0.2, 0) is 0 Å². The van der Waals surface area contributed by atoms with Crippen LogP contribution in [0.5, 0.6) is 0 Å². The van der Waals surface area contributed by atoms with E-state index in [0.29, 0.717) is 5.69 Å². The van der Waals surface area contributed by atoms with Crippen LogP contribution < -0.4 is 5.32 Å². The highest BCUT2D eigenvalue weighted by atomic mass is 16.2. The summed E-state index contributed by atoms with van der Waals surface area (Å²) in [5.41, 5.74) is 1.62. The van der Waals surface area contributed by atoms with Crippen molar-refractivity contribution in [2.75, 3.05) is 0 Å². The molecule has 1 aromatic carbocycles. The van der Waals surface area contributed by atoms with Crippen LogP contribution in [0.25, 0.3) is 10.9 Å². The Labute approximate surface area is 99.4 Å². The number of nitrogens with one attached hydrogen (secondary N) is 2. The van der Waals surface area contributed by atoms with Gasteiger partial charge in [-0.3, -0.25) is 9.89 Å². The van der Waals surface area contributed by atoms with Gasteiger partial charge < -0.3 is 5.32 Å². The van der Waals surface area contributed by atoms with Gasteiger partial charge in [-0.1, -0.05) is 32.0 Å². The minimum Gasteiger partial charge on any atom is -0.347 e. The lowest BCUT2D eigenvalue weighted by atomic mass is 10.2. The van der Waals surface area contributed by atoms with Crippen LogP contribution >= 0.6 is 0 Å². The molecule has 1 unspecified atom stereocenters. The summed E-state index contributed by atoms with van der Waals surface area (Å²) in [5, 5.41) is 10.9. The third-order valence-electron chi connectivity index (χ3n) is 3.50. The number of carbonyl (C=O) groups excluding carboxylic acids is 1. The molecule has 1 aromatic heterocycles. The Hall–Kier alpha value is -1.84. The molecule has 88 valence electrons. The maximum Gasteiger partial charge on any atom is 0.272 e. The summed E-state index contributed by atoms with van der Waals surface area (Å²) in [6.45, 7) is 4.31. The van der Waals surface area contributed by atoms with Crippen LogP contribution in [0.3, 0.4) is 0 Å². The van der Waals surface area contributed by atoms with Gasteiger partial charge in [0.15, 0.2) is 5.69 Å². The van der Waals surface area contributed by atoms with E-state index < -0.39 is 0 Å². The average molecular weight is 229 g/mol. The quantitative estimate of drug-likeness (QED) is 0.828. The lowest BCUT2D eigenvalue weighted by Gasteiger charge is -2.04. The van der Waals surface area contributed by atoms with Gasteiger partial charge in [0, 0.05) is 11.4 Å². The molecular weight excluding hydrogens is 214 g/mol. The van der Waals surface area contributed by atoms with E-state index in [9.17, 15) is 4.79 Å². The first kappa shape index (κ1) is 10.3. The van der Waals surface area contributed by atoms with Gasteiger partial charge in [0.05, 0.1) is 5.52 Å². The van der Waals surface area contributed by atoms with Crippen LogP contribution in [0.15, 0.2) is 24.3 Å². The number of rotatable bonds is 2. The number of aromatic nitrogens is 2. The fourth-order valence-electron chi connectivity index (χ4n) is 2.08. The van der Waals surface area contributed by atoms with Gasteiger partial charge in [-0.2, -0.15) is 5.10 Å². The molecule has 0 aliphatic heterocycles. The molecule has 0 spiro atoms. The molecular formula is C13H15N3O. The van der Waals surface area contributed by atoms with Gasteiger partial charge in [0.25, 0.3) is 5.91 Å². The predicted octanol–water partition coefficient (Wildman–Crippen LogP) is 2.09. The fourth-order valence-corrected chi connectivity index (χ4v) is 2.08. The second-order valence-electron chi connectivity index (χ2n) is 5.34. The zero-order valence-electron chi connectivity index (χ0n) is 9.95. The summed E-state index contributed by atoms with van der Waals surface area (Å²) in [6, 6.07) is 7.94. The number of aromatic amines is 1. The van der Waals surface area contributed by atoms with E-state index in [4.69, 9.17) is 0 Å². The number of para-hydroxylation sites is 1. The van der Waals surface area contributed by atoms with Gasteiger partial charge in [0.1, 0.15) is 0 Å². The highest BCUT2D eigenvalue weighted by molar-refractivity contribution is 6.04. The topological polar surface area (TPSA) is 57.8 Å². The third kappa shape index (κ3) is 1.69. The maximum atomic E-state index is 12.1. The first-order chi connectivity index (χ1) is 8.08. The normalized spacial score (nSPS) is 21.4. The van der Waals surface area contributed by atoms with E-state index in [1.54, 1.807) is 0 Å². The van der Waals surface area contributed by atoms with E-state index >= 15 is 0 Å². The zero-order valence-corrected chi connectivity index (χ0v) is 9.95. The summed E-state index contributed by atoms with van der Waals surface area (Å²) in [6.07, 6.45) is 1.04. The Balaban J connectivity index is 1.86. The SMILES string of the molecule is CC1(C)CC1NC(=O)c1n[nH]c2ccccc12. The molecule has 0 radical (unpaired) electrons. The highest BCUT2D eigenvalue weighted by Crippen LogP contribution is 2.44. The summed E-state index contributed by atoms with van der Waals surface area (Å²) in [4.78, 5) is 12.1. The molecule has 2 aromatic rings. The van der Waals surface area contributed by atoms with E-state index in [-0.39, 0.29) is 17.4 Å². The Morgan fingerprint density at radius 3 is 2.88 bits per heavy atom. The molecule has 1 amide bonds. The summed E-state index contributed by atoms with van der Waals surface area (Å²) < 4.78 is 0. The van der Waals surface area contributed by atoms with Gasteiger partial charge in [-0.05, 0) is 17.9 Å². The number of amides is 1. The van der Waals surface area contributed by atoms with Gasteiger partial charge in [-0.25, -0.2) is 0 Å². The second kappa shape index (κ2) is 3.32. The first-order valence-corrected chi connectivity index (χ1v) is 5.82. The summed E-state index contributed by atoms with van der Waals surface area (Å²) >= 11 is 0. The molecule has 4 nitrogen and oxygen atoms in total. The molecule has 1 heterocycles. The molecule has 3 rings (SSSR count). The van der Waals surface area contributed by atoms with Crippen LogP contribution in [0.2, 0.25) is 0 Å². The van der Waals surface area contributed by atoms with Crippen LogP contribution in [0, 0.1) is 5.41 Å². The number of hydrogen-bond donors (Lipinski definition) is 2. The van der Waals surface area contributed by atoms with Crippen LogP contribution in [-0.4, -0.2) is 22.1 Å². The fraction of sp³-hybridized carbons (Fsp3) is 0.385. The number of nitrogens with zero attached hydrogens (tertiary/aromatic N) is 1. The largest absolute Gasteiger partial charge is 0.347 e. The van der Waals surface area contributed by atoms with E-state index in [0.717, 1.165) is 17.3 Å². The summed E-state index contributed by atoms with van der Waals surface area (Å²) in [5.74, 6) is -0.0852. The number of H-pyrrole nitrogens is 1. The van der Waals surface area contributed by atoms with E-state index in [2.05, 4.69) is 29.4 Å². The summed E-state index contributed by atoms with van der Waals surface area (Å²) in [7, 11) is 0. The molecule has 0 bridgehead atoms. The van der Waals surface area contributed by atoms with Crippen molar-refractivity contribution in [1.29, 1.82) is 0 Å². The minimum atomic E-state index is -0.0852. The maximum absolute atomic E-state index is 12.1. The molecule has 17 heavy (non-hydrogen) atoms. The van der Waals surface area contributed by atoms with Crippen molar-refractivity contribution in [3.8, 4) is 0 Å². The van der Waals surface area contributed by atoms with Crippen molar-refractivity contribution in [2.45, 2.75) is 26.3 Å². The molecule has 1 aliphatic carbocycles. The van der Waals surface area contributed by atoms with Crippen LogP contribution in [0.4, 0.5) is 0 Å². The Bertz CT molecular complexity index is 585. The molecule has 2 N–H and O–H groups in total. The molecule has 1 fully saturated rings. The molecule has 1 atom stereocenters. The third-order valence-corrected chi connectivity index (χ3v) is 3.50. The number of benzene rings is 1. The van der Waals surface area contributed by atoms with E-state index in [1.807, 2.05) is 24.3 Å². The number of fused-ring (bicyclic) bond motifs is 1. The average Bonchev–Trinajstić information content (AvgIpc) is 2.76. The zero-order chi connectivity index (χ0) is 12.0. The van der Waals surface area contributed by atoms with Crippen molar-refractivity contribution in [3.63, 3.8) is 0 Å². The van der Waals surface area contributed by atoms with Crippen LogP contribution in [0.1, 0.15) is 30.8 Å². The van der Waals surface area contributed by atoms with Crippen molar-refractivity contribution in [1.82, 2.24) is 15.5 Å². The standard InChI is InChI=1S/C13H15N3O/c1-13(2)7-10(13)14-12(17)11-8-5-3-4-6-9(8)15-16-11/h3-6,10H,7H2,1-2H3,(H,14,17)(H,15,16). The van der Waals surface area contributed by atoms with Gasteiger partial charge in [-0.15, -0.1) is 0 Å². The lowest BCUT2D eigenvalue weighted by Crippen LogP contribution is -2.28. The van der Waals surface area contributed by atoms with E-state index in [1.165, 1.54) is 0 Å². The van der Waals surface area contributed by atoms with Crippen molar-refractivity contribution in [2.24, 2.45) is 5.41 Å². The first-order valence-electron chi connectivity index (χ1n) is 5.82. The van der Waals surface area contributed by atoms with Gasteiger partial charge in [0.2, 0.25) is 0 Å². The van der Waals surface area contributed by atoms with Crippen molar-refractivity contribution in [3.05, 3.63) is 30.0 Å². The van der Waals surface area contributed by atoms with Gasteiger partial charge >= 0.3 is 0 Å². The van der Waals surface area contributed by atoms with Crippen molar-refractivity contribution < 1.29 is 4.79 Å². The second-order valence-corrected chi connectivity index (χ2v) is 5.34.